The van der Waals surface area contributed by atoms with Crippen molar-refractivity contribution < 1.29 is 23.4 Å². The highest BCUT2D eigenvalue weighted by molar-refractivity contribution is 7.89. The summed E-state index contributed by atoms with van der Waals surface area (Å²) in [6, 6.07) is 4.88. The van der Waals surface area contributed by atoms with E-state index >= 15 is 0 Å². The summed E-state index contributed by atoms with van der Waals surface area (Å²) >= 11 is 0. The quantitative estimate of drug-likeness (QED) is 0.821. The molecule has 7 heteroatoms. The second-order valence-electron chi connectivity index (χ2n) is 4.87. The second-order valence-corrected chi connectivity index (χ2v) is 6.76. The van der Waals surface area contributed by atoms with Crippen LogP contribution < -0.4 is 0 Å². The number of sulfonamides is 1. The lowest BCUT2D eigenvalue weighted by atomic mass is 10.0. The van der Waals surface area contributed by atoms with Gasteiger partial charge in [0.25, 0.3) is 0 Å². The number of carbonyl (C=O) groups is 1. The third-order valence-electron chi connectivity index (χ3n) is 3.40. The van der Waals surface area contributed by atoms with Crippen LogP contribution in [0.2, 0.25) is 0 Å². The Labute approximate surface area is 137 Å². The van der Waals surface area contributed by atoms with Crippen LogP contribution >= 0.6 is 0 Å². The second kappa shape index (κ2) is 8.69. The van der Waals surface area contributed by atoms with Gasteiger partial charge >= 0.3 is 5.97 Å². The zero-order chi connectivity index (χ0) is 17.5. The van der Waals surface area contributed by atoms with Crippen LogP contribution in [0, 0.1) is 0 Å². The zero-order valence-corrected chi connectivity index (χ0v) is 14.2. The minimum atomic E-state index is -3.70. The van der Waals surface area contributed by atoms with Gasteiger partial charge < -0.3 is 10.2 Å². The van der Waals surface area contributed by atoms with Crippen molar-refractivity contribution in [1.82, 2.24) is 4.31 Å². The van der Waals surface area contributed by atoms with Crippen molar-refractivity contribution in [3.05, 3.63) is 36.4 Å². The minimum Gasteiger partial charge on any atom is -0.508 e. The van der Waals surface area contributed by atoms with Crippen LogP contribution in [0.1, 0.15) is 33.1 Å². The summed E-state index contributed by atoms with van der Waals surface area (Å²) in [5.41, 5.74) is 0. The van der Waals surface area contributed by atoms with E-state index in [4.69, 9.17) is 5.11 Å². The van der Waals surface area contributed by atoms with Gasteiger partial charge in [-0.3, -0.25) is 0 Å². The Morgan fingerprint density at radius 2 is 1.83 bits per heavy atom. The molecule has 1 atom stereocenters. The Morgan fingerprint density at radius 3 is 2.39 bits per heavy atom. The molecule has 2 N–H and O–H groups in total. The number of aliphatic carboxylic acids is 1. The molecule has 1 heterocycles. The summed E-state index contributed by atoms with van der Waals surface area (Å²) in [5.74, 6) is -1.10. The highest BCUT2D eigenvalue weighted by atomic mass is 32.2. The number of piperidine rings is 1. The molecule has 2 rings (SSSR count). The number of carboxylic acid groups (broad SMARTS) is 1. The van der Waals surface area contributed by atoms with Crippen LogP contribution in [-0.4, -0.2) is 41.5 Å². The summed E-state index contributed by atoms with van der Waals surface area (Å²) in [6.07, 6.45) is 4.60. The zero-order valence-electron chi connectivity index (χ0n) is 13.3. The van der Waals surface area contributed by atoms with E-state index in [9.17, 15) is 18.3 Å². The maximum absolute atomic E-state index is 12.6. The van der Waals surface area contributed by atoms with Gasteiger partial charge in [0.1, 0.15) is 5.75 Å². The highest BCUT2D eigenvalue weighted by Gasteiger charge is 2.32. The van der Waals surface area contributed by atoms with Gasteiger partial charge in [-0.1, -0.05) is 26.3 Å². The fourth-order valence-corrected chi connectivity index (χ4v) is 4.02. The molecule has 0 bridgehead atoms. The van der Waals surface area contributed by atoms with E-state index in [0.29, 0.717) is 13.0 Å². The Hall–Kier alpha value is -1.86. The standard InChI is InChI=1S/C14H17NO5S.C2H6/c16-12-5-7-13(8-6-12)21(19,20)15-10-2-1-3-11(15)4-9-14(17)18;1-2/h4-9,11,16H,1-3,10H2,(H,17,18);1-2H3/b9-4+;. The molecule has 128 valence electrons. The van der Waals surface area contributed by atoms with Crippen molar-refractivity contribution in [3.63, 3.8) is 0 Å². The van der Waals surface area contributed by atoms with Crippen molar-refractivity contribution in [2.75, 3.05) is 6.54 Å². The van der Waals surface area contributed by atoms with E-state index in [1.165, 1.54) is 34.6 Å². The molecule has 23 heavy (non-hydrogen) atoms. The third-order valence-corrected chi connectivity index (χ3v) is 5.34. The number of carboxylic acids is 1. The summed E-state index contributed by atoms with van der Waals surface area (Å²) in [7, 11) is -3.70. The molecule has 1 saturated heterocycles. The summed E-state index contributed by atoms with van der Waals surface area (Å²) < 4.78 is 26.6. The van der Waals surface area contributed by atoms with Gasteiger partial charge in [0.05, 0.1) is 4.90 Å². The molecule has 1 fully saturated rings. The number of hydrogen-bond donors (Lipinski definition) is 2. The van der Waals surface area contributed by atoms with Crippen LogP contribution in [0.4, 0.5) is 0 Å². The summed E-state index contributed by atoms with van der Waals surface area (Å²) in [6.45, 7) is 4.36. The minimum absolute atomic E-state index is 0.00471. The Bertz CT molecular complexity index is 637. The predicted octanol–water partition coefficient (Wildman–Crippen LogP) is 2.60. The maximum Gasteiger partial charge on any atom is 0.328 e. The molecule has 1 unspecified atom stereocenters. The molecule has 0 spiro atoms. The lowest BCUT2D eigenvalue weighted by Crippen LogP contribution is -2.42. The molecule has 1 aliphatic heterocycles. The fraction of sp³-hybridized carbons (Fsp3) is 0.438. The molecule has 1 aromatic carbocycles. The first-order valence-electron chi connectivity index (χ1n) is 7.63. The highest BCUT2D eigenvalue weighted by Crippen LogP contribution is 2.26. The first-order valence-corrected chi connectivity index (χ1v) is 9.07. The number of hydrogen-bond acceptors (Lipinski definition) is 4. The van der Waals surface area contributed by atoms with Crippen LogP contribution in [-0.2, 0) is 14.8 Å². The molecular weight excluding hydrogens is 318 g/mol. The van der Waals surface area contributed by atoms with Crippen molar-refractivity contribution in [1.29, 1.82) is 0 Å². The first kappa shape index (κ1) is 19.2. The SMILES string of the molecule is CC.O=C(O)/C=C/C1CCCCN1S(=O)(=O)c1ccc(O)cc1. The van der Waals surface area contributed by atoms with E-state index < -0.39 is 22.0 Å². The number of benzene rings is 1. The monoisotopic (exact) mass is 341 g/mol. The van der Waals surface area contributed by atoms with Gasteiger partial charge in [0.2, 0.25) is 10.0 Å². The van der Waals surface area contributed by atoms with Gasteiger partial charge in [0.15, 0.2) is 0 Å². The summed E-state index contributed by atoms with van der Waals surface area (Å²) in [5, 5.41) is 17.9. The largest absolute Gasteiger partial charge is 0.508 e. The topological polar surface area (TPSA) is 94.9 Å². The number of aromatic hydroxyl groups is 1. The smallest absolute Gasteiger partial charge is 0.328 e. The molecule has 0 aliphatic carbocycles. The molecule has 1 aliphatic rings. The molecule has 6 nitrogen and oxygen atoms in total. The van der Waals surface area contributed by atoms with Crippen LogP contribution in [0.25, 0.3) is 0 Å². The lowest BCUT2D eigenvalue weighted by molar-refractivity contribution is -0.131. The van der Waals surface area contributed by atoms with Crippen molar-refractivity contribution in [3.8, 4) is 5.75 Å². The molecule has 0 radical (unpaired) electrons. The molecule has 1 aromatic rings. The normalized spacial score (nSPS) is 19.1. The van der Waals surface area contributed by atoms with E-state index in [1.54, 1.807) is 0 Å². The summed E-state index contributed by atoms with van der Waals surface area (Å²) in [4.78, 5) is 10.7. The molecule has 0 amide bonds. The third kappa shape index (κ3) is 5.07. The Morgan fingerprint density at radius 1 is 1.22 bits per heavy atom. The van der Waals surface area contributed by atoms with Gasteiger partial charge in [0, 0.05) is 18.7 Å². The van der Waals surface area contributed by atoms with Crippen molar-refractivity contribution >= 4 is 16.0 Å². The fourth-order valence-electron chi connectivity index (χ4n) is 2.37. The maximum atomic E-state index is 12.6. The van der Waals surface area contributed by atoms with Crippen LogP contribution in [0.3, 0.4) is 0 Å². The lowest BCUT2D eigenvalue weighted by Gasteiger charge is -2.32. The van der Waals surface area contributed by atoms with E-state index in [2.05, 4.69) is 0 Å². The first-order chi connectivity index (χ1) is 10.9. The van der Waals surface area contributed by atoms with Crippen LogP contribution in [0.5, 0.6) is 5.75 Å². The molecular formula is C16H23NO5S. The van der Waals surface area contributed by atoms with Gasteiger partial charge in [-0.15, -0.1) is 0 Å². The van der Waals surface area contributed by atoms with Crippen molar-refractivity contribution in [2.45, 2.75) is 44.0 Å². The molecule has 0 aromatic heterocycles. The van der Waals surface area contributed by atoms with Gasteiger partial charge in [-0.2, -0.15) is 4.31 Å². The predicted molar refractivity (Wildman–Crippen MR) is 87.8 cm³/mol. The number of phenols is 1. The van der Waals surface area contributed by atoms with E-state index in [-0.39, 0.29) is 10.6 Å². The number of nitrogens with zero attached hydrogens (tertiary/aromatic N) is 1. The van der Waals surface area contributed by atoms with Crippen molar-refractivity contribution in [2.24, 2.45) is 0 Å². The molecule has 0 saturated carbocycles. The van der Waals surface area contributed by atoms with E-state index in [1.807, 2.05) is 13.8 Å². The number of phenolic OH excluding ortho intramolecular Hbond substituents is 1. The van der Waals surface area contributed by atoms with E-state index in [0.717, 1.165) is 18.9 Å². The van der Waals surface area contributed by atoms with Gasteiger partial charge in [-0.25, -0.2) is 13.2 Å². The van der Waals surface area contributed by atoms with Gasteiger partial charge in [-0.05, 0) is 37.1 Å². The Balaban J connectivity index is 0.00000127. The van der Waals surface area contributed by atoms with Crippen LogP contribution in [0.15, 0.2) is 41.3 Å². The average molecular weight is 341 g/mol. The average Bonchev–Trinajstić information content (AvgIpc) is 2.55. The Kier molecular flexibility index (Phi) is 7.25. The number of rotatable bonds is 4.